The summed E-state index contributed by atoms with van der Waals surface area (Å²) in [5.41, 5.74) is 3.34. The number of hydrogen-bond donors (Lipinski definition) is 1. The Labute approximate surface area is 203 Å². The van der Waals surface area contributed by atoms with Crippen LogP contribution in [0.3, 0.4) is 0 Å². The molecule has 0 saturated heterocycles. The molecule has 1 unspecified atom stereocenters. The van der Waals surface area contributed by atoms with Crippen LogP contribution in [-0.4, -0.2) is 31.4 Å². The van der Waals surface area contributed by atoms with Crippen LogP contribution in [0, 0.1) is 0 Å². The highest BCUT2D eigenvalue weighted by Gasteiger charge is 2.30. The first kappa shape index (κ1) is 25.6. The molecule has 3 aromatic rings. The van der Waals surface area contributed by atoms with E-state index in [0.29, 0.717) is 33.0 Å². The van der Waals surface area contributed by atoms with Crippen LogP contribution in [0.5, 0.6) is 0 Å². The molecule has 3 rings (SSSR count). The van der Waals surface area contributed by atoms with Crippen molar-refractivity contribution in [1.82, 2.24) is 5.32 Å². The third kappa shape index (κ3) is 8.73. The Bertz CT molecular complexity index is 947. The summed E-state index contributed by atoms with van der Waals surface area (Å²) < 4.78 is 18.9. The molecular formula is C30H35NO3. The molecule has 0 spiro atoms. The molecule has 0 aliphatic rings. The van der Waals surface area contributed by atoms with E-state index in [0.717, 1.165) is 16.7 Å². The zero-order valence-electron chi connectivity index (χ0n) is 19.7. The number of rotatable bonds is 16. The molecule has 4 nitrogen and oxygen atoms in total. The zero-order valence-corrected chi connectivity index (χ0v) is 19.7. The van der Waals surface area contributed by atoms with Gasteiger partial charge in [-0.3, -0.25) is 0 Å². The minimum Gasteiger partial charge on any atom is -0.375 e. The fourth-order valence-electron chi connectivity index (χ4n) is 3.65. The molecule has 1 N–H and O–H groups in total. The second kappa shape index (κ2) is 15.0. The van der Waals surface area contributed by atoms with E-state index in [1.807, 2.05) is 66.7 Å². The van der Waals surface area contributed by atoms with Gasteiger partial charge in [-0.25, -0.2) is 0 Å². The lowest BCUT2D eigenvalue weighted by atomic mass is 10.0. The van der Waals surface area contributed by atoms with Crippen molar-refractivity contribution in [2.45, 2.75) is 38.1 Å². The van der Waals surface area contributed by atoms with E-state index in [1.54, 1.807) is 0 Å². The topological polar surface area (TPSA) is 39.7 Å². The van der Waals surface area contributed by atoms with Gasteiger partial charge in [0.15, 0.2) is 0 Å². The monoisotopic (exact) mass is 457 g/mol. The third-order valence-corrected chi connectivity index (χ3v) is 5.46. The summed E-state index contributed by atoms with van der Waals surface area (Å²) >= 11 is 0. The fourth-order valence-corrected chi connectivity index (χ4v) is 3.65. The van der Waals surface area contributed by atoms with Gasteiger partial charge in [-0.2, -0.15) is 0 Å². The van der Waals surface area contributed by atoms with Gasteiger partial charge in [-0.15, -0.1) is 13.2 Å². The molecule has 0 heterocycles. The molecule has 0 radical (unpaired) electrons. The van der Waals surface area contributed by atoms with Gasteiger partial charge >= 0.3 is 0 Å². The Hall–Kier alpha value is -3.02. The van der Waals surface area contributed by atoms with Gasteiger partial charge < -0.3 is 19.5 Å². The summed E-state index contributed by atoms with van der Waals surface area (Å²) in [5, 5.41) is 3.51. The summed E-state index contributed by atoms with van der Waals surface area (Å²) in [4.78, 5) is 0. The minimum absolute atomic E-state index is 0.121. The van der Waals surface area contributed by atoms with Gasteiger partial charge in [0.25, 0.3) is 0 Å². The van der Waals surface area contributed by atoms with Crippen LogP contribution in [0.25, 0.3) is 0 Å². The van der Waals surface area contributed by atoms with Crippen LogP contribution in [-0.2, 0) is 34.0 Å². The van der Waals surface area contributed by atoms with Crippen molar-refractivity contribution < 1.29 is 14.2 Å². The lowest BCUT2D eigenvalue weighted by molar-refractivity contribution is -0.0919. The highest BCUT2D eigenvalue weighted by atomic mass is 16.5. The zero-order chi connectivity index (χ0) is 23.8. The van der Waals surface area contributed by atoms with Crippen LogP contribution in [0.15, 0.2) is 116 Å². The largest absolute Gasteiger partial charge is 0.375 e. The number of benzene rings is 3. The molecule has 0 bridgehead atoms. The van der Waals surface area contributed by atoms with Gasteiger partial charge in [0.1, 0.15) is 12.2 Å². The number of nitrogens with one attached hydrogen (secondary N) is 1. The van der Waals surface area contributed by atoms with Crippen molar-refractivity contribution >= 4 is 0 Å². The van der Waals surface area contributed by atoms with Crippen LogP contribution in [0.1, 0.15) is 16.7 Å². The highest BCUT2D eigenvalue weighted by Crippen LogP contribution is 2.17. The van der Waals surface area contributed by atoms with Crippen LogP contribution < -0.4 is 5.32 Å². The molecule has 0 aliphatic heterocycles. The van der Waals surface area contributed by atoms with Gasteiger partial charge in [0.05, 0.1) is 32.5 Å². The van der Waals surface area contributed by atoms with E-state index in [9.17, 15) is 0 Å². The van der Waals surface area contributed by atoms with E-state index in [4.69, 9.17) is 14.2 Å². The Kier molecular flexibility index (Phi) is 11.3. The second-order valence-corrected chi connectivity index (χ2v) is 8.06. The van der Waals surface area contributed by atoms with Gasteiger partial charge in [0.2, 0.25) is 0 Å². The standard InChI is InChI=1S/C30H35NO3/c1-3-20-31-28(24-32-21-25-14-8-5-9-15-25)30(34-23-27-18-12-7-13-19-27)29(4-2)33-22-26-16-10-6-11-17-26/h3-19,28-31H,1-2,20-24H2/t28?,29-,30-/m1/s1. The van der Waals surface area contributed by atoms with Gasteiger partial charge in [-0.1, -0.05) is 103 Å². The predicted molar refractivity (Wildman–Crippen MR) is 138 cm³/mol. The smallest absolute Gasteiger partial charge is 0.105 e. The first-order valence-corrected chi connectivity index (χ1v) is 11.7. The summed E-state index contributed by atoms with van der Waals surface area (Å²) in [7, 11) is 0. The lowest BCUT2D eigenvalue weighted by Gasteiger charge is -2.33. The van der Waals surface area contributed by atoms with Gasteiger partial charge in [0, 0.05) is 6.54 Å². The van der Waals surface area contributed by atoms with E-state index in [2.05, 4.69) is 54.9 Å². The maximum atomic E-state index is 6.46. The molecule has 0 amide bonds. The van der Waals surface area contributed by atoms with Crippen LogP contribution in [0.2, 0.25) is 0 Å². The van der Waals surface area contributed by atoms with Gasteiger partial charge in [-0.05, 0) is 16.7 Å². The summed E-state index contributed by atoms with van der Waals surface area (Å²) in [6.45, 7) is 10.5. The van der Waals surface area contributed by atoms with Crippen molar-refractivity contribution in [3.05, 3.63) is 133 Å². The van der Waals surface area contributed by atoms with Crippen LogP contribution in [0.4, 0.5) is 0 Å². The normalized spacial score (nSPS) is 13.6. The maximum absolute atomic E-state index is 6.46. The van der Waals surface area contributed by atoms with Crippen molar-refractivity contribution in [3.8, 4) is 0 Å². The second-order valence-electron chi connectivity index (χ2n) is 8.06. The Morgan fingerprint density at radius 1 is 0.676 bits per heavy atom. The number of ether oxygens (including phenoxy) is 3. The van der Waals surface area contributed by atoms with E-state index < -0.39 is 0 Å². The van der Waals surface area contributed by atoms with Crippen molar-refractivity contribution in [2.24, 2.45) is 0 Å². The molecule has 0 aliphatic carbocycles. The lowest BCUT2D eigenvalue weighted by Crippen LogP contribution is -2.50. The van der Waals surface area contributed by atoms with Crippen molar-refractivity contribution in [1.29, 1.82) is 0 Å². The molecule has 178 valence electrons. The SMILES string of the molecule is C=CCNC(COCc1ccccc1)[C@@H](OCc1ccccc1)[C@@H](C=C)OCc1ccccc1. The summed E-state index contributed by atoms with van der Waals surface area (Å²) in [6, 6.07) is 30.3. The first-order chi connectivity index (χ1) is 16.8. The Balaban J connectivity index is 1.72. The average molecular weight is 458 g/mol. The maximum Gasteiger partial charge on any atom is 0.105 e. The van der Waals surface area contributed by atoms with Crippen molar-refractivity contribution in [3.63, 3.8) is 0 Å². The number of hydrogen-bond acceptors (Lipinski definition) is 4. The minimum atomic E-state index is -0.327. The summed E-state index contributed by atoms with van der Waals surface area (Å²) in [5.74, 6) is 0. The molecule has 0 aromatic heterocycles. The quantitative estimate of drug-likeness (QED) is 0.280. The highest BCUT2D eigenvalue weighted by molar-refractivity contribution is 5.15. The molecule has 4 heteroatoms. The van der Waals surface area contributed by atoms with Crippen LogP contribution >= 0.6 is 0 Å². The molecule has 3 atom stereocenters. The summed E-state index contributed by atoms with van der Waals surface area (Å²) in [6.07, 6.45) is 3.02. The molecular weight excluding hydrogens is 422 g/mol. The van der Waals surface area contributed by atoms with E-state index in [1.165, 1.54) is 0 Å². The Morgan fingerprint density at radius 2 is 1.18 bits per heavy atom. The predicted octanol–water partition coefficient (Wildman–Crippen LogP) is 5.70. The molecule has 0 fully saturated rings. The third-order valence-electron chi connectivity index (χ3n) is 5.46. The Morgan fingerprint density at radius 3 is 1.68 bits per heavy atom. The molecule has 3 aromatic carbocycles. The average Bonchev–Trinajstić information content (AvgIpc) is 2.90. The van der Waals surface area contributed by atoms with Crippen molar-refractivity contribution in [2.75, 3.05) is 13.2 Å². The van der Waals surface area contributed by atoms with E-state index >= 15 is 0 Å². The fraction of sp³-hybridized carbons (Fsp3) is 0.267. The molecule has 0 saturated carbocycles. The first-order valence-electron chi connectivity index (χ1n) is 11.7. The molecule has 34 heavy (non-hydrogen) atoms. The van der Waals surface area contributed by atoms with E-state index in [-0.39, 0.29) is 18.2 Å².